The van der Waals surface area contributed by atoms with Crippen LogP contribution in [0.5, 0.6) is 0 Å². The van der Waals surface area contributed by atoms with E-state index in [1.807, 2.05) is 0 Å². The normalized spacial score (nSPS) is 10.1. The Morgan fingerprint density at radius 1 is 1.06 bits per heavy atom. The molecular formula is C13H10F2N2O. The number of hydrogen-bond donors (Lipinski definition) is 1. The highest BCUT2D eigenvalue weighted by Crippen LogP contribution is 2.07. The summed E-state index contributed by atoms with van der Waals surface area (Å²) < 4.78 is 25.3. The van der Waals surface area contributed by atoms with Crippen molar-refractivity contribution in [2.75, 3.05) is 5.32 Å². The summed E-state index contributed by atoms with van der Waals surface area (Å²) in [5.74, 6) is -0.824. The van der Waals surface area contributed by atoms with Crippen molar-refractivity contribution in [2.45, 2.75) is 6.42 Å². The van der Waals surface area contributed by atoms with E-state index in [9.17, 15) is 13.6 Å². The molecule has 0 fully saturated rings. The van der Waals surface area contributed by atoms with Crippen molar-refractivity contribution in [3.63, 3.8) is 0 Å². The molecule has 92 valence electrons. The van der Waals surface area contributed by atoms with Crippen LogP contribution in [0.25, 0.3) is 0 Å². The van der Waals surface area contributed by atoms with Gasteiger partial charge < -0.3 is 5.32 Å². The highest BCUT2D eigenvalue weighted by atomic mass is 19.1. The summed E-state index contributed by atoms with van der Waals surface area (Å²) in [5, 5.41) is 2.52. The lowest BCUT2D eigenvalue weighted by atomic mass is 10.1. The van der Waals surface area contributed by atoms with E-state index in [-0.39, 0.29) is 24.0 Å². The lowest BCUT2D eigenvalue weighted by Crippen LogP contribution is -2.15. The largest absolute Gasteiger partial charge is 0.310 e. The van der Waals surface area contributed by atoms with Crippen molar-refractivity contribution in [3.05, 3.63) is 59.8 Å². The SMILES string of the molecule is O=C(Cc1ccc(F)cc1)Nc1ccc(F)cn1. The number of halogens is 2. The van der Waals surface area contributed by atoms with Gasteiger partial charge in [0.2, 0.25) is 5.91 Å². The average Bonchev–Trinajstić information content (AvgIpc) is 2.35. The molecule has 18 heavy (non-hydrogen) atoms. The van der Waals surface area contributed by atoms with E-state index in [2.05, 4.69) is 10.3 Å². The van der Waals surface area contributed by atoms with E-state index in [0.29, 0.717) is 5.56 Å². The number of nitrogens with one attached hydrogen (secondary N) is 1. The summed E-state index contributed by atoms with van der Waals surface area (Å²) in [6.45, 7) is 0. The summed E-state index contributed by atoms with van der Waals surface area (Å²) in [7, 11) is 0. The quantitative estimate of drug-likeness (QED) is 0.906. The van der Waals surface area contributed by atoms with Crippen molar-refractivity contribution >= 4 is 11.7 Å². The molecule has 0 spiro atoms. The van der Waals surface area contributed by atoms with Crippen molar-refractivity contribution in [3.8, 4) is 0 Å². The molecule has 1 aromatic heterocycles. The van der Waals surface area contributed by atoms with Gasteiger partial charge in [0.05, 0.1) is 12.6 Å². The molecule has 1 amide bonds. The highest BCUT2D eigenvalue weighted by molar-refractivity contribution is 5.91. The zero-order valence-electron chi connectivity index (χ0n) is 9.36. The number of carbonyl (C=O) groups excluding carboxylic acids is 1. The monoisotopic (exact) mass is 248 g/mol. The molecule has 3 nitrogen and oxygen atoms in total. The number of benzene rings is 1. The molecule has 0 aliphatic carbocycles. The summed E-state index contributed by atoms with van der Waals surface area (Å²) in [6, 6.07) is 8.23. The Labute approximate surface area is 102 Å². The molecule has 0 aliphatic heterocycles. The molecule has 0 radical (unpaired) electrons. The van der Waals surface area contributed by atoms with Crippen LogP contribution in [0.15, 0.2) is 42.6 Å². The van der Waals surface area contributed by atoms with Gasteiger partial charge in [-0.05, 0) is 29.8 Å². The summed E-state index contributed by atoms with van der Waals surface area (Å²) in [4.78, 5) is 15.3. The zero-order valence-corrected chi connectivity index (χ0v) is 9.36. The Kier molecular flexibility index (Phi) is 3.62. The lowest BCUT2D eigenvalue weighted by Gasteiger charge is -2.04. The highest BCUT2D eigenvalue weighted by Gasteiger charge is 2.05. The first-order valence-corrected chi connectivity index (χ1v) is 5.29. The fraction of sp³-hybridized carbons (Fsp3) is 0.0769. The van der Waals surface area contributed by atoms with E-state index in [1.54, 1.807) is 0 Å². The minimum absolute atomic E-state index is 0.110. The van der Waals surface area contributed by atoms with Gasteiger partial charge in [-0.25, -0.2) is 13.8 Å². The van der Waals surface area contributed by atoms with Gasteiger partial charge in [0.15, 0.2) is 0 Å². The Bertz CT molecular complexity index is 488. The van der Waals surface area contributed by atoms with Gasteiger partial charge in [0.25, 0.3) is 0 Å². The number of aromatic nitrogens is 1. The Morgan fingerprint density at radius 3 is 2.33 bits per heavy atom. The third-order valence-electron chi connectivity index (χ3n) is 2.27. The summed E-state index contributed by atoms with van der Waals surface area (Å²) in [6.07, 6.45) is 1.13. The molecule has 2 rings (SSSR count). The van der Waals surface area contributed by atoms with E-state index in [0.717, 1.165) is 6.20 Å². The second-order valence-electron chi connectivity index (χ2n) is 3.71. The second kappa shape index (κ2) is 5.35. The van der Waals surface area contributed by atoms with Crippen molar-refractivity contribution in [1.82, 2.24) is 4.98 Å². The number of carbonyl (C=O) groups is 1. The van der Waals surface area contributed by atoms with Crippen LogP contribution in [0.2, 0.25) is 0 Å². The van der Waals surface area contributed by atoms with Gasteiger partial charge >= 0.3 is 0 Å². The number of anilines is 1. The van der Waals surface area contributed by atoms with Crippen LogP contribution in [-0.2, 0) is 11.2 Å². The summed E-state index contributed by atoms with van der Waals surface area (Å²) >= 11 is 0. The molecule has 0 unspecified atom stereocenters. The Balaban J connectivity index is 1.96. The average molecular weight is 248 g/mol. The molecule has 1 aromatic carbocycles. The van der Waals surface area contributed by atoms with E-state index >= 15 is 0 Å². The minimum atomic E-state index is -0.466. The predicted molar refractivity (Wildman–Crippen MR) is 62.9 cm³/mol. The van der Waals surface area contributed by atoms with Crippen LogP contribution in [0, 0.1) is 11.6 Å². The molecule has 0 atom stereocenters. The fourth-order valence-electron chi connectivity index (χ4n) is 1.42. The van der Waals surface area contributed by atoms with E-state index in [4.69, 9.17) is 0 Å². The molecule has 2 aromatic rings. The molecule has 5 heteroatoms. The Hall–Kier alpha value is -2.30. The van der Waals surface area contributed by atoms with Crippen LogP contribution in [-0.4, -0.2) is 10.9 Å². The molecular weight excluding hydrogens is 238 g/mol. The van der Waals surface area contributed by atoms with E-state index < -0.39 is 5.82 Å². The number of amides is 1. The number of pyridine rings is 1. The van der Waals surface area contributed by atoms with Gasteiger partial charge in [-0.2, -0.15) is 0 Å². The van der Waals surface area contributed by atoms with Gasteiger partial charge in [-0.1, -0.05) is 12.1 Å². The maximum Gasteiger partial charge on any atom is 0.229 e. The number of rotatable bonds is 3. The van der Waals surface area contributed by atoms with Crippen molar-refractivity contribution < 1.29 is 13.6 Å². The molecule has 0 saturated carbocycles. The first-order chi connectivity index (χ1) is 8.63. The number of hydrogen-bond acceptors (Lipinski definition) is 2. The van der Waals surface area contributed by atoms with Crippen LogP contribution < -0.4 is 5.32 Å². The third-order valence-corrected chi connectivity index (χ3v) is 2.27. The first kappa shape index (κ1) is 12.2. The summed E-state index contributed by atoms with van der Waals surface area (Å²) in [5.41, 5.74) is 0.691. The molecule has 0 saturated heterocycles. The number of nitrogens with zero attached hydrogens (tertiary/aromatic N) is 1. The molecule has 1 N–H and O–H groups in total. The van der Waals surface area contributed by atoms with Crippen LogP contribution in [0.4, 0.5) is 14.6 Å². The van der Waals surface area contributed by atoms with Gasteiger partial charge in [0, 0.05) is 0 Å². The standard InChI is InChI=1S/C13H10F2N2O/c14-10-3-1-9(2-4-10)7-13(18)17-12-6-5-11(15)8-16-12/h1-6,8H,7H2,(H,16,17,18). The molecule has 0 bridgehead atoms. The topological polar surface area (TPSA) is 42.0 Å². The zero-order chi connectivity index (χ0) is 13.0. The van der Waals surface area contributed by atoms with Crippen LogP contribution in [0.1, 0.15) is 5.56 Å². The van der Waals surface area contributed by atoms with Crippen LogP contribution in [0.3, 0.4) is 0 Å². The van der Waals surface area contributed by atoms with Gasteiger partial charge in [-0.3, -0.25) is 4.79 Å². The smallest absolute Gasteiger partial charge is 0.229 e. The third kappa shape index (κ3) is 3.35. The first-order valence-electron chi connectivity index (χ1n) is 5.29. The van der Waals surface area contributed by atoms with Gasteiger partial charge in [0.1, 0.15) is 17.5 Å². The molecule has 1 heterocycles. The van der Waals surface area contributed by atoms with Crippen molar-refractivity contribution in [2.24, 2.45) is 0 Å². The van der Waals surface area contributed by atoms with Gasteiger partial charge in [-0.15, -0.1) is 0 Å². The van der Waals surface area contributed by atoms with E-state index in [1.165, 1.54) is 36.4 Å². The fourth-order valence-corrected chi connectivity index (χ4v) is 1.42. The van der Waals surface area contributed by atoms with Crippen molar-refractivity contribution in [1.29, 1.82) is 0 Å². The molecule has 0 aliphatic rings. The maximum atomic E-state index is 12.7. The predicted octanol–water partition coefficient (Wildman–Crippen LogP) is 2.54. The lowest BCUT2D eigenvalue weighted by molar-refractivity contribution is -0.115. The van der Waals surface area contributed by atoms with Crippen LogP contribution >= 0.6 is 0 Å². The minimum Gasteiger partial charge on any atom is -0.310 e. The maximum absolute atomic E-state index is 12.7. The Morgan fingerprint density at radius 2 is 1.72 bits per heavy atom. The second-order valence-corrected chi connectivity index (χ2v) is 3.71.